The van der Waals surface area contributed by atoms with Crippen molar-refractivity contribution in [3.8, 4) is 0 Å². The van der Waals surface area contributed by atoms with Crippen molar-refractivity contribution >= 4 is 11.8 Å². The zero-order valence-corrected chi connectivity index (χ0v) is 14.1. The number of carbonyl (C=O) groups excluding carboxylic acids is 1. The largest absolute Gasteiger partial charge is 0.444 e. The van der Waals surface area contributed by atoms with Crippen molar-refractivity contribution in [2.45, 2.75) is 51.3 Å². The van der Waals surface area contributed by atoms with Crippen molar-refractivity contribution in [1.82, 2.24) is 4.90 Å². The Bertz CT molecular complexity index is 609. The number of rotatable bonds is 1. The lowest BCUT2D eigenvalue weighted by Gasteiger charge is -2.34. The van der Waals surface area contributed by atoms with Gasteiger partial charge in [0.15, 0.2) is 0 Å². The van der Waals surface area contributed by atoms with E-state index >= 15 is 0 Å². The fourth-order valence-corrected chi connectivity index (χ4v) is 2.83. The number of hydrogen-bond acceptors (Lipinski definition) is 3. The maximum Gasteiger partial charge on any atom is 0.418 e. The van der Waals surface area contributed by atoms with Crippen LogP contribution in [-0.4, -0.2) is 29.7 Å². The van der Waals surface area contributed by atoms with Crippen LogP contribution >= 0.6 is 0 Å². The average Bonchev–Trinajstić information content (AvgIpc) is 2.44. The van der Waals surface area contributed by atoms with Gasteiger partial charge in [-0.15, -0.1) is 0 Å². The molecule has 0 aromatic heterocycles. The summed E-state index contributed by atoms with van der Waals surface area (Å²) >= 11 is 0. The van der Waals surface area contributed by atoms with Gasteiger partial charge in [0.1, 0.15) is 5.60 Å². The van der Waals surface area contributed by atoms with Crippen molar-refractivity contribution in [1.29, 1.82) is 0 Å². The third-order valence-corrected chi connectivity index (χ3v) is 3.93. The molecule has 2 N–H and O–H groups in total. The van der Waals surface area contributed by atoms with Crippen molar-refractivity contribution in [3.05, 3.63) is 29.3 Å². The lowest BCUT2D eigenvalue weighted by molar-refractivity contribution is -0.136. The number of nitrogens with zero attached hydrogens (tertiary/aromatic N) is 1. The van der Waals surface area contributed by atoms with Gasteiger partial charge in [0.25, 0.3) is 0 Å². The number of anilines is 1. The zero-order chi connectivity index (χ0) is 18.1. The van der Waals surface area contributed by atoms with Crippen LogP contribution in [-0.2, 0) is 10.9 Å². The minimum absolute atomic E-state index is 0.0455. The fourth-order valence-electron chi connectivity index (χ4n) is 2.83. The molecule has 1 atom stereocenters. The summed E-state index contributed by atoms with van der Waals surface area (Å²) in [4.78, 5) is 13.8. The van der Waals surface area contributed by atoms with Crippen LogP contribution in [0.4, 0.5) is 23.7 Å². The number of nitrogens with two attached hydrogens (primary N) is 1. The second kappa shape index (κ2) is 6.53. The van der Waals surface area contributed by atoms with E-state index in [-0.39, 0.29) is 11.6 Å². The molecular weight excluding hydrogens is 321 g/mol. The summed E-state index contributed by atoms with van der Waals surface area (Å²) < 4.78 is 43.8. The van der Waals surface area contributed by atoms with Gasteiger partial charge in [0.05, 0.1) is 5.56 Å². The van der Waals surface area contributed by atoms with Gasteiger partial charge >= 0.3 is 12.3 Å². The Morgan fingerprint density at radius 3 is 2.50 bits per heavy atom. The van der Waals surface area contributed by atoms with E-state index in [2.05, 4.69) is 0 Å². The fraction of sp³-hybridized carbons (Fsp3) is 0.588. The highest BCUT2D eigenvalue weighted by Gasteiger charge is 2.34. The second-order valence-electron chi connectivity index (χ2n) is 7.11. The normalized spacial score (nSPS) is 19.2. The van der Waals surface area contributed by atoms with Crippen LogP contribution in [0.1, 0.15) is 50.7 Å². The number of likely N-dealkylation sites (tertiary alicyclic amines) is 1. The Balaban J connectivity index is 2.12. The van der Waals surface area contributed by atoms with Gasteiger partial charge < -0.3 is 15.4 Å². The summed E-state index contributed by atoms with van der Waals surface area (Å²) in [6.07, 6.45) is -3.29. The quantitative estimate of drug-likeness (QED) is 0.768. The molecule has 1 saturated heterocycles. The first-order valence-electron chi connectivity index (χ1n) is 7.92. The number of piperidine rings is 1. The molecule has 24 heavy (non-hydrogen) atoms. The van der Waals surface area contributed by atoms with Crippen LogP contribution in [0, 0.1) is 0 Å². The number of nitrogen functional groups attached to an aromatic ring is 1. The first kappa shape index (κ1) is 18.4. The molecule has 0 spiro atoms. The smallest absolute Gasteiger partial charge is 0.418 e. The number of carbonyl (C=O) groups is 1. The van der Waals surface area contributed by atoms with Gasteiger partial charge in [-0.05, 0) is 51.3 Å². The molecular formula is C17H23F3N2O2. The number of amides is 1. The third kappa shape index (κ3) is 4.55. The SMILES string of the molecule is CC(C)(C)OC(=O)N1CCCC(c2ccc(C(F)(F)F)c(N)c2)C1. The Labute approximate surface area is 139 Å². The Morgan fingerprint density at radius 1 is 1.29 bits per heavy atom. The molecule has 1 amide bonds. The number of ether oxygens (including phenoxy) is 1. The highest BCUT2D eigenvalue weighted by Crippen LogP contribution is 2.36. The maximum atomic E-state index is 12.8. The molecule has 1 heterocycles. The van der Waals surface area contributed by atoms with E-state index in [9.17, 15) is 18.0 Å². The van der Waals surface area contributed by atoms with Gasteiger partial charge in [0.2, 0.25) is 0 Å². The molecule has 7 heteroatoms. The predicted octanol–water partition coefficient (Wildman–Crippen LogP) is 4.40. The van der Waals surface area contributed by atoms with Crippen molar-refractivity contribution in [3.63, 3.8) is 0 Å². The lowest BCUT2D eigenvalue weighted by atomic mass is 9.89. The van der Waals surface area contributed by atoms with Crippen molar-refractivity contribution in [2.24, 2.45) is 0 Å². The summed E-state index contributed by atoms with van der Waals surface area (Å²) in [5.41, 5.74) is 4.59. The van der Waals surface area contributed by atoms with E-state index in [1.807, 2.05) is 0 Å². The van der Waals surface area contributed by atoms with Crippen LogP contribution in [0.25, 0.3) is 0 Å². The van der Waals surface area contributed by atoms with Crippen LogP contribution in [0.15, 0.2) is 18.2 Å². The van der Waals surface area contributed by atoms with Crippen LogP contribution in [0.3, 0.4) is 0 Å². The van der Waals surface area contributed by atoms with Gasteiger partial charge in [0, 0.05) is 24.7 Å². The molecule has 1 aromatic carbocycles. The second-order valence-corrected chi connectivity index (χ2v) is 7.11. The monoisotopic (exact) mass is 344 g/mol. The summed E-state index contributed by atoms with van der Waals surface area (Å²) in [5, 5.41) is 0. The minimum Gasteiger partial charge on any atom is -0.444 e. The summed E-state index contributed by atoms with van der Waals surface area (Å²) in [5.74, 6) is -0.0455. The van der Waals surface area contributed by atoms with Crippen LogP contribution < -0.4 is 5.73 Å². The Kier molecular flexibility index (Phi) is 5.01. The average molecular weight is 344 g/mol. The molecule has 1 aliphatic heterocycles. The molecule has 134 valence electrons. The van der Waals surface area contributed by atoms with E-state index in [1.165, 1.54) is 12.1 Å². The first-order chi connectivity index (χ1) is 11.0. The lowest BCUT2D eigenvalue weighted by Crippen LogP contribution is -2.42. The molecule has 0 aliphatic carbocycles. The number of alkyl halides is 3. The van der Waals surface area contributed by atoms with Gasteiger partial charge in [-0.3, -0.25) is 0 Å². The van der Waals surface area contributed by atoms with E-state index < -0.39 is 23.4 Å². The van der Waals surface area contributed by atoms with Crippen molar-refractivity contribution < 1.29 is 22.7 Å². The van der Waals surface area contributed by atoms with Crippen LogP contribution in [0.5, 0.6) is 0 Å². The van der Waals surface area contributed by atoms with Gasteiger partial charge in [-0.25, -0.2) is 4.79 Å². The number of halogens is 3. The Morgan fingerprint density at radius 2 is 1.96 bits per heavy atom. The minimum atomic E-state index is -4.46. The molecule has 1 aromatic rings. The topological polar surface area (TPSA) is 55.6 Å². The molecule has 1 aliphatic rings. The highest BCUT2D eigenvalue weighted by atomic mass is 19.4. The summed E-state index contributed by atoms with van der Waals surface area (Å²) in [6.45, 7) is 6.38. The first-order valence-corrected chi connectivity index (χ1v) is 7.92. The third-order valence-electron chi connectivity index (χ3n) is 3.93. The zero-order valence-electron chi connectivity index (χ0n) is 14.1. The standard InChI is InChI=1S/C17H23F3N2O2/c1-16(2,3)24-15(23)22-8-4-5-12(10-22)11-6-7-13(14(21)9-11)17(18,19)20/h6-7,9,12H,4-5,8,10,21H2,1-3H3. The predicted molar refractivity (Wildman–Crippen MR) is 85.6 cm³/mol. The molecule has 4 nitrogen and oxygen atoms in total. The maximum absolute atomic E-state index is 12.8. The van der Waals surface area contributed by atoms with E-state index in [4.69, 9.17) is 10.5 Å². The van der Waals surface area contributed by atoms with E-state index in [0.29, 0.717) is 18.7 Å². The summed E-state index contributed by atoms with van der Waals surface area (Å²) in [6, 6.07) is 3.83. The molecule has 0 bridgehead atoms. The Hall–Kier alpha value is -1.92. The van der Waals surface area contributed by atoms with Gasteiger partial charge in [-0.1, -0.05) is 6.07 Å². The summed E-state index contributed by atoms with van der Waals surface area (Å²) in [7, 11) is 0. The number of hydrogen-bond donors (Lipinski definition) is 1. The van der Waals surface area contributed by atoms with Gasteiger partial charge in [-0.2, -0.15) is 13.2 Å². The molecule has 1 fully saturated rings. The molecule has 2 rings (SSSR count). The van der Waals surface area contributed by atoms with Crippen LogP contribution in [0.2, 0.25) is 0 Å². The molecule has 0 radical (unpaired) electrons. The van der Waals surface area contributed by atoms with Crippen molar-refractivity contribution in [2.75, 3.05) is 18.8 Å². The molecule has 1 unspecified atom stereocenters. The highest BCUT2D eigenvalue weighted by molar-refractivity contribution is 5.68. The van der Waals surface area contributed by atoms with E-state index in [1.54, 1.807) is 25.7 Å². The van der Waals surface area contributed by atoms with E-state index in [0.717, 1.165) is 18.9 Å². The molecule has 0 saturated carbocycles. The number of benzene rings is 1.